The van der Waals surface area contributed by atoms with Crippen LogP contribution in [0.3, 0.4) is 0 Å². The molecule has 0 spiro atoms. The third-order valence-corrected chi connectivity index (χ3v) is 10.5. The van der Waals surface area contributed by atoms with E-state index < -0.39 is 0 Å². The van der Waals surface area contributed by atoms with E-state index in [0.29, 0.717) is 0 Å². The molecule has 3 aliphatic heterocycles. The minimum absolute atomic E-state index is 0.0545. The maximum absolute atomic E-state index is 2.58. The van der Waals surface area contributed by atoms with Gasteiger partial charge in [-0.3, -0.25) is 0 Å². The summed E-state index contributed by atoms with van der Waals surface area (Å²) in [5, 5.41) is 1.33. The van der Waals surface area contributed by atoms with Gasteiger partial charge in [0, 0.05) is 45.0 Å². The largest absolute Gasteiger partial charge is 0.319 e. The van der Waals surface area contributed by atoms with Gasteiger partial charge in [0.15, 0.2) is 0 Å². The van der Waals surface area contributed by atoms with Gasteiger partial charge in [0.1, 0.15) is 0 Å². The maximum Gasteiger partial charge on any atom is 0.273 e. The average molecular weight is 604 g/mol. The lowest BCUT2D eigenvalue weighted by Crippen LogP contribution is -2.63. The summed E-state index contributed by atoms with van der Waals surface area (Å²) in [6.07, 6.45) is 0. The number of aromatic nitrogens is 1. The van der Waals surface area contributed by atoms with E-state index in [2.05, 4.69) is 176 Å². The molecule has 0 N–H and O–H groups in total. The standard InChI is InChI=1S/C43H34BN3/c1-27-25-37-40-38(26-27)47-34-18-10-8-15-31(34)32-16-12-20-36-39(32)41(47)42(46(36)29-13-6-5-7-14-29)44(40)33-17-9-11-19-35(33)45(37)30-23-21-28(22-24-30)43(2,3)4/h5-26H,1-4H3. The van der Waals surface area contributed by atoms with Gasteiger partial charge in [-0.1, -0.05) is 99.6 Å². The number of hydrogen-bond donors (Lipinski definition) is 0. The number of benzene rings is 6. The van der Waals surface area contributed by atoms with Gasteiger partial charge in [-0.15, -0.1) is 0 Å². The van der Waals surface area contributed by atoms with Gasteiger partial charge < -0.3 is 14.4 Å². The van der Waals surface area contributed by atoms with Crippen LogP contribution < -0.4 is 26.3 Å². The second-order valence-electron chi connectivity index (χ2n) is 14.3. The highest BCUT2D eigenvalue weighted by atomic mass is 15.2. The molecule has 4 heterocycles. The molecule has 6 aromatic carbocycles. The maximum atomic E-state index is 2.58. The van der Waals surface area contributed by atoms with Gasteiger partial charge in [0.05, 0.1) is 16.9 Å². The molecular formula is C43H34BN3. The highest BCUT2D eigenvalue weighted by Gasteiger charge is 2.48. The smallest absolute Gasteiger partial charge is 0.273 e. The minimum atomic E-state index is 0.0545. The summed E-state index contributed by atoms with van der Waals surface area (Å²) in [6.45, 7) is 9.15. The van der Waals surface area contributed by atoms with Gasteiger partial charge in [-0.25, -0.2) is 0 Å². The third kappa shape index (κ3) is 3.53. The fraction of sp³-hybridized carbons (Fsp3) is 0.116. The Bertz CT molecular complexity index is 2410. The summed E-state index contributed by atoms with van der Waals surface area (Å²) >= 11 is 0. The molecule has 0 unspecified atom stereocenters. The molecule has 7 aromatic rings. The second kappa shape index (κ2) is 9.30. The Morgan fingerprint density at radius 1 is 0.553 bits per heavy atom. The molecule has 0 saturated heterocycles. The zero-order chi connectivity index (χ0) is 31.6. The van der Waals surface area contributed by atoms with Gasteiger partial charge in [-0.2, -0.15) is 0 Å². The molecule has 3 aliphatic rings. The number of anilines is 6. The van der Waals surface area contributed by atoms with Gasteiger partial charge in [0.2, 0.25) is 0 Å². The van der Waals surface area contributed by atoms with Crippen LogP contribution in [0.5, 0.6) is 0 Å². The number of fused-ring (bicyclic) bond motifs is 7. The van der Waals surface area contributed by atoms with Crippen LogP contribution in [0.15, 0.2) is 133 Å². The summed E-state index contributed by atoms with van der Waals surface area (Å²) in [5.41, 5.74) is 19.3. The highest BCUT2D eigenvalue weighted by Crippen LogP contribution is 2.54. The number of nitrogens with zero attached hydrogens (tertiary/aromatic N) is 3. The number of hydrogen-bond acceptors (Lipinski definition) is 2. The van der Waals surface area contributed by atoms with Crippen molar-refractivity contribution >= 4 is 68.3 Å². The molecule has 0 atom stereocenters. The predicted molar refractivity (Wildman–Crippen MR) is 200 cm³/mol. The first-order chi connectivity index (χ1) is 22.9. The van der Waals surface area contributed by atoms with E-state index in [9.17, 15) is 0 Å². The minimum Gasteiger partial charge on any atom is -0.319 e. The predicted octanol–water partition coefficient (Wildman–Crippen LogP) is 9.30. The van der Waals surface area contributed by atoms with Crippen LogP contribution in [-0.4, -0.2) is 11.3 Å². The van der Waals surface area contributed by atoms with Gasteiger partial charge in [0.25, 0.3) is 6.71 Å². The molecule has 47 heavy (non-hydrogen) atoms. The first-order valence-corrected chi connectivity index (χ1v) is 16.7. The van der Waals surface area contributed by atoms with Crippen LogP contribution in [0.25, 0.3) is 27.7 Å². The van der Waals surface area contributed by atoms with Crippen molar-refractivity contribution in [2.24, 2.45) is 0 Å². The second-order valence-corrected chi connectivity index (χ2v) is 14.3. The van der Waals surface area contributed by atoms with E-state index >= 15 is 0 Å². The molecule has 4 heteroatoms. The molecule has 224 valence electrons. The van der Waals surface area contributed by atoms with Crippen molar-refractivity contribution in [3.05, 3.63) is 145 Å². The van der Waals surface area contributed by atoms with E-state index in [-0.39, 0.29) is 12.1 Å². The van der Waals surface area contributed by atoms with E-state index in [1.165, 1.54) is 89.5 Å². The van der Waals surface area contributed by atoms with Crippen LogP contribution in [0, 0.1) is 6.92 Å². The molecule has 0 radical (unpaired) electrons. The highest BCUT2D eigenvalue weighted by molar-refractivity contribution is 7.00. The lowest BCUT2D eigenvalue weighted by Gasteiger charge is -2.45. The van der Waals surface area contributed by atoms with Crippen molar-refractivity contribution in [2.75, 3.05) is 9.80 Å². The first kappa shape index (κ1) is 26.7. The molecule has 0 aliphatic carbocycles. The SMILES string of the molecule is Cc1cc2c3c(c1)N1c4ccccc4-c4cccc5c4c1c(n5-c1ccccc1)B3c1ccccc1N2c1ccc(C(C)(C)C)cc1. The van der Waals surface area contributed by atoms with Crippen LogP contribution >= 0.6 is 0 Å². The lowest BCUT2D eigenvalue weighted by atomic mass is 9.34. The lowest BCUT2D eigenvalue weighted by molar-refractivity contribution is 0.590. The third-order valence-electron chi connectivity index (χ3n) is 10.5. The fourth-order valence-corrected chi connectivity index (χ4v) is 8.50. The summed E-state index contributed by atoms with van der Waals surface area (Å²) in [5.74, 6) is 0. The fourth-order valence-electron chi connectivity index (χ4n) is 8.50. The van der Waals surface area contributed by atoms with Crippen LogP contribution in [0.2, 0.25) is 0 Å². The van der Waals surface area contributed by atoms with Crippen molar-refractivity contribution in [2.45, 2.75) is 33.1 Å². The molecule has 3 nitrogen and oxygen atoms in total. The Morgan fingerprint density at radius 3 is 1.98 bits per heavy atom. The van der Waals surface area contributed by atoms with E-state index in [1.54, 1.807) is 0 Å². The van der Waals surface area contributed by atoms with Crippen molar-refractivity contribution in [3.63, 3.8) is 0 Å². The Morgan fingerprint density at radius 2 is 1.21 bits per heavy atom. The van der Waals surface area contributed by atoms with Crippen molar-refractivity contribution < 1.29 is 0 Å². The van der Waals surface area contributed by atoms with E-state index in [0.717, 1.165) is 0 Å². The summed E-state index contributed by atoms with van der Waals surface area (Å²) < 4.78 is 2.55. The number of rotatable bonds is 2. The molecular weight excluding hydrogens is 569 g/mol. The molecule has 0 saturated carbocycles. The summed E-state index contributed by atoms with van der Waals surface area (Å²) in [7, 11) is 0. The molecule has 0 amide bonds. The van der Waals surface area contributed by atoms with Crippen LogP contribution in [0.1, 0.15) is 31.9 Å². The van der Waals surface area contributed by atoms with Gasteiger partial charge in [-0.05, 0) is 94.6 Å². The molecule has 0 fully saturated rings. The quantitative estimate of drug-likeness (QED) is 0.183. The molecule has 0 bridgehead atoms. The first-order valence-electron chi connectivity index (χ1n) is 16.7. The normalized spacial score (nSPS) is 13.8. The van der Waals surface area contributed by atoms with E-state index in [4.69, 9.17) is 0 Å². The van der Waals surface area contributed by atoms with Crippen LogP contribution in [-0.2, 0) is 5.41 Å². The monoisotopic (exact) mass is 603 g/mol. The number of para-hydroxylation sites is 3. The Kier molecular flexibility index (Phi) is 5.28. The van der Waals surface area contributed by atoms with E-state index in [1.807, 2.05) is 0 Å². The Hall–Kier alpha value is -5.48. The Balaban J connectivity index is 1.36. The van der Waals surface area contributed by atoms with Crippen molar-refractivity contribution in [3.8, 4) is 16.8 Å². The van der Waals surface area contributed by atoms with Crippen molar-refractivity contribution in [1.82, 2.24) is 4.57 Å². The molecule has 1 aromatic heterocycles. The zero-order valence-electron chi connectivity index (χ0n) is 27.1. The molecule has 10 rings (SSSR count). The summed E-state index contributed by atoms with van der Waals surface area (Å²) in [6, 6.07) is 49.9. The van der Waals surface area contributed by atoms with Gasteiger partial charge >= 0.3 is 0 Å². The average Bonchev–Trinajstić information content (AvgIpc) is 3.43. The topological polar surface area (TPSA) is 11.4 Å². The van der Waals surface area contributed by atoms with Crippen LogP contribution in [0.4, 0.5) is 34.1 Å². The summed E-state index contributed by atoms with van der Waals surface area (Å²) in [4.78, 5) is 5.09. The Labute approximate surface area is 276 Å². The zero-order valence-corrected chi connectivity index (χ0v) is 27.1. The van der Waals surface area contributed by atoms with Crippen molar-refractivity contribution in [1.29, 1.82) is 0 Å². The number of aryl methyl sites for hydroxylation is 1.